The lowest BCUT2D eigenvalue weighted by Gasteiger charge is -2.43. The SMILES string of the molecule is C=Cc1cccc(C(C(=O)Nc2ccc(OC)cc2)N(C(=O)C(NC(=O)OC(C)(C)C)C(C)C)C(C)(C)C)c1. The maximum atomic E-state index is 14.3. The maximum Gasteiger partial charge on any atom is 0.408 e. The van der Waals surface area contributed by atoms with Crippen molar-refractivity contribution in [2.24, 2.45) is 5.92 Å². The van der Waals surface area contributed by atoms with Crippen LogP contribution in [0.5, 0.6) is 5.75 Å². The van der Waals surface area contributed by atoms with Crippen LogP contribution >= 0.6 is 0 Å². The Hall–Kier alpha value is -3.81. The summed E-state index contributed by atoms with van der Waals surface area (Å²) in [7, 11) is 1.57. The predicted octanol–water partition coefficient (Wildman–Crippen LogP) is 6.19. The van der Waals surface area contributed by atoms with Gasteiger partial charge in [0.25, 0.3) is 5.91 Å². The number of hydrogen-bond acceptors (Lipinski definition) is 5. The molecule has 2 aromatic rings. The molecule has 0 saturated heterocycles. The molecular weight excluding hydrogens is 494 g/mol. The number of nitrogens with one attached hydrogen (secondary N) is 2. The Bertz CT molecular complexity index is 1160. The quantitative estimate of drug-likeness (QED) is 0.397. The summed E-state index contributed by atoms with van der Waals surface area (Å²) in [5.41, 5.74) is 0.444. The third-order valence-electron chi connectivity index (χ3n) is 5.89. The highest BCUT2D eigenvalue weighted by atomic mass is 16.6. The molecular formula is C31H43N3O5. The van der Waals surface area contributed by atoms with E-state index in [2.05, 4.69) is 17.2 Å². The normalized spacial score (nSPS) is 13.2. The first-order valence-electron chi connectivity index (χ1n) is 13.1. The van der Waals surface area contributed by atoms with Crippen LogP contribution in [0.25, 0.3) is 6.08 Å². The van der Waals surface area contributed by atoms with E-state index in [1.165, 1.54) is 4.90 Å². The number of rotatable bonds is 9. The molecule has 0 radical (unpaired) electrons. The summed E-state index contributed by atoms with van der Waals surface area (Å²) in [6.45, 7) is 18.4. The Labute approximate surface area is 232 Å². The average molecular weight is 538 g/mol. The first-order chi connectivity index (χ1) is 18.1. The van der Waals surface area contributed by atoms with Crippen molar-refractivity contribution >= 4 is 29.7 Å². The van der Waals surface area contributed by atoms with Gasteiger partial charge < -0.3 is 25.0 Å². The number of methoxy groups -OCH3 is 1. The van der Waals surface area contributed by atoms with Crippen molar-refractivity contribution in [3.05, 3.63) is 66.2 Å². The predicted molar refractivity (Wildman–Crippen MR) is 155 cm³/mol. The van der Waals surface area contributed by atoms with Gasteiger partial charge in [0.2, 0.25) is 5.91 Å². The highest BCUT2D eigenvalue weighted by Crippen LogP contribution is 2.32. The molecule has 0 bridgehead atoms. The Balaban J connectivity index is 2.60. The van der Waals surface area contributed by atoms with Gasteiger partial charge in [-0.25, -0.2) is 4.79 Å². The van der Waals surface area contributed by atoms with Crippen molar-refractivity contribution in [1.29, 1.82) is 0 Å². The summed E-state index contributed by atoms with van der Waals surface area (Å²) in [5, 5.41) is 5.69. The molecule has 0 aliphatic rings. The van der Waals surface area contributed by atoms with Crippen molar-refractivity contribution in [3.8, 4) is 5.75 Å². The van der Waals surface area contributed by atoms with E-state index in [-0.39, 0.29) is 5.92 Å². The molecule has 39 heavy (non-hydrogen) atoms. The maximum absolute atomic E-state index is 14.3. The van der Waals surface area contributed by atoms with Crippen molar-refractivity contribution in [3.63, 3.8) is 0 Å². The molecule has 2 rings (SSSR count). The summed E-state index contributed by atoms with van der Waals surface area (Å²) in [4.78, 5) is 42.5. The number of carbonyl (C=O) groups is 3. The van der Waals surface area contributed by atoms with E-state index in [1.54, 1.807) is 58.2 Å². The molecule has 0 aromatic heterocycles. The van der Waals surface area contributed by atoms with E-state index in [0.717, 1.165) is 5.56 Å². The first kappa shape index (κ1) is 31.4. The van der Waals surface area contributed by atoms with E-state index < -0.39 is 41.1 Å². The topological polar surface area (TPSA) is 97.0 Å². The van der Waals surface area contributed by atoms with Gasteiger partial charge in [0, 0.05) is 11.2 Å². The number of nitrogens with zero attached hydrogens (tertiary/aromatic N) is 1. The molecule has 0 spiro atoms. The zero-order chi connectivity index (χ0) is 29.5. The van der Waals surface area contributed by atoms with Crippen molar-refractivity contribution < 1.29 is 23.9 Å². The van der Waals surface area contributed by atoms with E-state index in [9.17, 15) is 14.4 Å². The molecule has 212 valence electrons. The van der Waals surface area contributed by atoms with Crippen LogP contribution in [-0.4, -0.2) is 47.1 Å². The molecule has 0 saturated carbocycles. The number of benzene rings is 2. The number of alkyl carbamates (subject to hydrolysis) is 1. The van der Waals surface area contributed by atoms with Crippen LogP contribution in [0.2, 0.25) is 0 Å². The average Bonchev–Trinajstić information content (AvgIpc) is 2.83. The summed E-state index contributed by atoms with van der Waals surface area (Å²) < 4.78 is 10.7. The lowest BCUT2D eigenvalue weighted by atomic mass is 9.92. The van der Waals surface area contributed by atoms with Gasteiger partial charge in [-0.1, -0.05) is 44.7 Å². The number of ether oxygens (including phenoxy) is 2. The Kier molecular flexibility index (Phi) is 10.3. The van der Waals surface area contributed by atoms with Crippen LogP contribution in [0.1, 0.15) is 72.6 Å². The number of anilines is 1. The van der Waals surface area contributed by atoms with Gasteiger partial charge in [-0.2, -0.15) is 0 Å². The third-order valence-corrected chi connectivity index (χ3v) is 5.89. The molecule has 0 fully saturated rings. The van der Waals surface area contributed by atoms with Gasteiger partial charge >= 0.3 is 6.09 Å². The molecule has 0 aliphatic heterocycles. The largest absolute Gasteiger partial charge is 0.497 e. The van der Waals surface area contributed by atoms with E-state index >= 15 is 0 Å². The Morgan fingerprint density at radius 2 is 1.59 bits per heavy atom. The highest BCUT2D eigenvalue weighted by Gasteiger charge is 2.42. The molecule has 0 aliphatic carbocycles. The number of amides is 3. The van der Waals surface area contributed by atoms with Gasteiger partial charge in [0.1, 0.15) is 23.4 Å². The Morgan fingerprint density at radius 1 is 0.974 bits per heavy atom. The van der Waals surface area contributed by atoms with Crippen molar-refractivity contribution in [1.82, 2.24) is 10.2 Å². The van der Waals surface area contributed by atoms with Crippen LogP contribution < -0.4 is 15.4 Å². The zero-order valence-electron chi connectivity index (χ0n) is 24.6. The van der Waals surface area contributed by atoms with Gasteiger partial charge in [0.05, 0.1) is 7.11 Å². The van der Waals surface area contributed by atoms with Crippen LogP contribution in [0.4, 0.5) is 10.5 Å². The molecule has 2 aromatic carbocycles. The van der Waals surface area contributed by atoms with Crippen molar-refractivity contribution in [2.45, 2.75) is 78.6 Å². The van der Waals surface area contributed by atoms with Crippen LogP contribution in [0, 0.1) is 5.92 Å². The summed E-state index contributed by atoms with van der Waals surface area (Å²) in [6.07, 6.45) is 0.989. The molecule has 2 N–H and O–H groups in total. The third kappa shape index (κ3) is 8.87. The van der Waals surface area contributed by atoms with E-state index in [0.29, 0.717) is 17.0 Å². The summed E-state index contributed by atoms with van der Waals surface area (Å²) in [5.74, 6) is -0.422. The second-order valence-electron chi connectivity index (χ2n) is 11.7. The fourth-order valence-electron chi connectivity index (χ4n) is 4.10. The van der Waals surface area contributed by atoms with Gasteiger partial charge in [-0.15, -0.1) is 0 Å². The number of hydrogen-bond donors (Lipinski definition) is 2. The molecule has 2 atom stereocenters. The smallest absolute Gasteiger partial charge is 0.408 e. The molecule has 0 heterocycles. The fraction of sp³-hybridized carbons (Fsp3) is 0.452. The lowest BCUT2D eigenvalue weighted by molar-refractivity contribution is -0.147. The minimum atomic E-state index is -1.01. The molecule has 2 unspecified atom stereocenters. The first-order valence-corrected chi connectivity index (χ1v) is 13.1. The van der Waals surface area contributed by atoms with Crippen LogP contribution in [-0.2, 0) is 14.3 Å². The van der Waals surface area contributed by atoms with E-state index in [1.807, 2.05) is 58.9 Å². The zero-order valence-corrected chi connectivity index (χ0v) is 24.6. The lowest BCUT2D eigenvalue weighted by Crippen LogP contribution is -2.59. The number of carbonyl (C=O) groups excluding carboxylic acids is 3. The monoisotopic (exact) mass is 537 g/mol. The van der Waals surface area contributed by atoms with E-state index in [4.69, 9.17) is 9.47 Å². The Morgan fingerprint density at radius 3 is 2.08 bits per heavy atom. The van der Waals surface area contributed by atoms with Crippen molar-refractivity contribution in [2.75, 3.05) is 12.4 Å². The van der Waals surface area contributed by atoms with Gasteiger partial charge in [0.15, 0.2) is 0 Å². The van der Waals surface area contributed by atoms with Crippen LogP contribution in [0.15, 0.2) is 55.1 Å². The second-order valence-corrected chi connectivity index (χ2v) is 11.7. The van der Waals surface area contributed by atoms with Gasteiger partial charge in [-0.05, 0) is 88.9 Å². The van der Waals surface area contributed by atoms with Gasteiger partial charge in [-0.3, -0.25) is 9.59 Å². The highest BCUT2D eigenvalue weighted by molar-refractivity contribution is 5.99. The molecule has 8 nitrogen and oxygen atoms in total. The summed E-state index contributed by atoms with van der Waals surface area (Å²) >= 11 is 0. The summed E-state index contributed by atoms with van der Waals surface area (Å²) in [6, 6.07) is 12.4. The standard InChI is InChI=1S/C31H43N3O5/c1-11-21-13-12-14-22(19-21)26(27(35)32-23-15-17-24(38-10)18-16-23)34(30(4,5)6)28(36)25(20(2)3)33-29(37)39-31(7,8)9/h11-20,25-26H,1H2,2-10H3,(H,32,35)(H,33,37). The van der Waals surface area contributed by atoms with Crippen LogP contribution in [0.3, 0.4) is 0 Å². The molecule has 3 amide bonds. The minimum absolute atomic E-state index is 0.278. The minimum Gasteiger partial charge on any atom is -0.497 e. The fourth-order valence-corrected chi connectivity index (χ4v) is 4.10. The second kappa shape index (κ2) is 12.8. The molecule has 8 heteroatoms.